The van der Waals surface area contributed by atoms with Gasteiger partial charge in [-0.05, 0) is 51.4 Å². The molecule has 11 atom stereocenters. The summed E-state index contributed by atoms with van der Waals surface area (Å²) in [4.78, 5) is 25.6. The summed E-state index contributed by atoms with van der Waals surface area (Å²) in [5, 5.41) is 71.9. The van der Waals surface area contributed by atoms with Crippen molar-refractivity contribution < 1.29 is 73.8 Å². The van der Waals surface area contributed by atoms with Crippen molar-refractivity contribution in [2.75, 3.05) is 26.4 Å². The van der Waals surface area contributed by atoms with E-state index in [1.807, 2.05) is 72.9 Å². The fourth-order valence-corrected chi connectivity index (χ4v) is 6.47. The Kier molecular flexibility index (Phi) is 31.5. The highest BCUT2D eigenvalue weighted by Crippen LogP contribution is 2.26. The minimum atomic E-state index is -1.78. The van der Waals surface area contributed by atoms with Crippen LogP contribution in [0, 0.1) is 0 Å². The molecule has 0 radical (unpaired) electrons. The topological polar surface area (TPSA) is 231 Å². The Balaban J connectivity index is 1.88. The lowest BCUT2D eigenvalue weighted by molar-refractivity contribution is -0.332. The predicted molar refractivity (Wildman–Crippen MR) is 242 cm³/mol. The summed E-state index contributed by atoms with van der Waals surface area (Å²) in [5.41, 5.74) is 0. The Morgan fingerprint density at radius 3 is 1.48 bits per heavy atom. The Labute approximate surface area is 379 Å². The van der Waals surface area contributed by atoms with Crippen LogP contribution in [0.25, 0.3) is 0 Å². The van der Waals surface area contributed by atoms with E-state index in [1.165, 1.54) is 0 Å². The van der Waals surface area contributed by atoms with Crippen LogP contribution < -0.4 is 0 Å². The third-order valence-electron chi connectivity index (χ3n) is 10.2. The van der Waals surface area contributed by atoms with Gasteiger partial charge in [-0.15, -0.1) is 0 Å². The summed E-state index contributed by atoms with van der Waals surface area (Å²) in [5.74, 6) is -1.01. The molecule has 0 aromatic rings. The highest BCUT2D eigenvalue weighted by molar-refractivity contribution is 5.70. The Bertz CT molecular complexity index is 1480. The number of unbranched alkanes of at least 4 members (excludes halogenated alkanes) is 8. The first kappa shape index (κ1) is 56.5. The Morgan fingerprint density at radius 2 is 0.938 bits per heavy atom. The molecule has 0 aliphatic carbocycles. The molecule has 362 valence electrons. The molecule has 5 unspecified atom stereocenters. The average molecular weight is 905 g/mol. The van der Waals surface area contributed by atoms with Crippen molar-refractivity contribution >= 4 is 11.9 Å². The average Bonchev–Trinajstić information content (AvgIpc) is 3.29. The normalized spacial score (nSPS) is 27.5. The zero-order valence-corrected chi connectivity index (χ0v) is 37.7. The van der Waals surface area contributed by atoms with Gasteiger partial charge in [-0.1, -0.05) is 137 Å². The molecular formula is C49H76O15. The first-order valence-corrected chi connectivity index (χ1v) is 22.9. The smallest absolute Gasteiger partial charge is 0.306 e. The number of aliphatic hydroxyl groups excluding tert-OH is 7. The van der Waals surface area contributed by atoms with Crippen LogP contribution in [0.4, 0.5) is 0 Å². The molecule has 0 amide bonds. The molecule has 0 bridgehead atoms. The number of hydrogen-bond acceptors (Lipinski definition) is 15. The van der Waals surface area contributed by atoms with Crippen molar-refractivity contribution in [3.63, 3.8) is 0 Å². The van der Waals surface area contributed by atoms with E-state index < -0.39 is 99.3 Å². The summed E-state index contributed by atoms with van der Waals surface area (Å²) < 4.78 is 33.4. The van der Waals surface area contributed by atoms with Gasteiger partial charge < -0.3 is 64.2 Å². The van der Waals surface area contributed by atoms with E-state index in [0.717, 1.165) is 64.2 Å². The van der Waals surface area contributed by atoms with Crippen LogP contribution in [-0.4, -0.2) is 142 Å². The summed E-state index contributed by atoms with van der Waals surface area (Å²) in [6.45, 7) is 2.19. The lowest BCUT2D eigenvalue weighted by Crippen LogP contribution is -2.61. The van der Waals surface area contributed by atoms with Crippen molar-refractivity contribution in [2.24, 2.45) is 0 Å². The summed E-state index contributed by atoms with van der Waals surface area (Å²) in [6.07, 6.45) is 25.9. The second kappa shape index (κ2) is 35.7. The van der Waals surface area contributed by atoms with Crippen molar-refractivity contribution in [3.05, 3.63) is 97.2 Å². The van der Waals surface area contributed by atoms with E-state index in [1.54, 1.807) is 0 Å². The van der Waals surface area contributed by atoms with Gasteiger partial charge in [-0.3, -0.25) is 9.59 Å². The first-order chi connectivity index (χ1) is 31.0. The van der Waals surface area contributed by atoms with Crippen LogP contribution in [0.15, 0.2) is 97.2 Å². The van der Waals surface area contributed by atoms with Crippen LogP contribution in [0.2, 0.25) is 0 Å². The van der Waals surface area contributed by atoms with Gasteiger partial charge in [0.2, 0.25) is 0 Å². The number of esters is 2. The van der Waals surface area contributed by atoms with Crippen LogP contribution in [0.5, 0.6) is 0 Å². The highest BCUT2D eigenvalue weighted by atomic mass is 16.7. The van der Waals surface area contributed by atoms with Crippen LogP contribution in [0.1, 0.15) is 104 Å². The molecule has 2 heterocycles. The number of allylic oxidation sites excluding steroid dienone is 16. The lowest BCUT2D eigenvalue weighted by atomic mass is 9.98. The number of ether oxygens (including phenoxy) is 6. The highest BCUT2D eigenvalue weighted by Gasteiger charge is 2.47. The van der Waals surface area contributed by atoms with E-state index in [0.29, 0.717) is 12.8 Å². The van der Waals surface area contributed by atoms with Gasteiger partial charge in [0.15, 0.2) is 18.7 Å². The molecule has 0 aromatic carbocycles. The fraction of sp³-hybridized carbons (Fsp3) is 0.633. The molecule has 2 fully saturated rings. The second-order valence-electron chi connectivity index (χ2n) is 15.6. The van der Waals surface area contributed by atoms with Crippen molar-refractivity contribution in [3.8, 4) is 0 Å². The fourth-order valence-electron chi connectivity index (χ4n) is 6.47. The minimum Gasteiger partial charge on any atom is -0.462 e. The summed E-state index contributed by atoms with van der Waals surface area (Å²) in [7, 11) is 0. The molecule has 0 saturated carbocycles. The van der Waals surface area contributed by atoms with Crippen LogP contribution >= 0.6 is 0 Å². The van der Waals surface area contributed by atoms with Gasteiger partial charge in [0.1, 0.15) is 55.4 Å². The molecule has 2 aliphatic heterocycles. The van der Waals surface area contributed by atoms with Crippen LogP contribution in [-0.2, 0) is 38.0 Å². The molecule has 0 spiro atoms. The summed E-state index contributed by atoms with van der Waals surface area (Å²) in [6, 6.07) is 0. The SMILES string of the molecule is CC/C=C/C=C/C=C/C=C/CCCCCCCC(=O)OCC(CO[C@@H]1O[C@H](CO[C@@H]2O[C@H](CO)[C@H](O)C(O)C2O)[C@H](O)C(O)C1O)OC(=O)CCCCC/C=C/C=C/C=C/C=C/CC. The molecule has 15 heteroatoms. The van der Waals surface area contributed by atoms with E-state index >= 15 is 0 Å². The summed E-state index contributed by atoms with van der Waals surface area (Å²) >= 11 is 0. The molecule has 7 N–H and O–H groups in total. The largest absolute Gasteiger partial charge is 0.462 e. The zero-order valence-electron chi connectivity index (χ0n) is 37.7. The van der Waals surface area contributed by atoms with Crippen molar-refractivity contribution in [2.45, 2.75) is 171 Å². The predicted octanol–water partition coefficient (Wildman–Crippen LogP) is 5.03. The number of rotatable bonds is 32. The van der Waals surface area contributed by atoms with Crippen LogP contribution in [0.3, 0.4) is 0 Å². The molecule has 2 rings (SSSR count). The maximum Gasteiger partial charge on any atom is 0.306 e. The van der Waals surface area contributed by atoms with Gasteiger partial charge in [-0.25, -0.2) is 0 Å². The van der Waals surface area contributed by atoms with E-state index in [4.69, 9.17) is 28.4 Å². The molecule has 2 saturated heterocycles. The van der Waals surface area contributed by atoms with Gasteiger partial charge >= 0.3 is 11.9 Å². The van der Waals surface area contributed by atoms with Gasteiger partial charge in [-0.2, -0.15) is 0 Å². The molecular weight excluding hydrogens is 829 g/mol. The third-order valence-corrected chi connectivity index (χ3v) is 10.2. The lowest BCUT2D eigenvalue weighted by Gasteiger charge is -2.42. The standard InChI is InChI=1S/C49H76O15/c1-3-5-7-9-11-13-15-17-18-20-21-23-25-27-29-31-40(51)59-34-37(62-41(52)32-30-28-26-24-22-19-16-14-12-10-8-6-4-2)35-60-48-47(58)45(56)43(54)39(64-48)36-61-49-46(57)44(55)42(53)38(33-50)63-49/h5-19,22,37-39,42-50,53-58H,3-4,20-21,23-36H2,1-2H3/b7-5+,8-6+,11-9+,12-10+,15-13+,16-14+,18-17+,22-19+/t37?,38-,39-,42+,43+,44?,45?,46?,47?,48-,49-/m1/s1. The number of carbonyl (C=O) groups is 2. The van der Waals surface area contributed by atoms with E-state index in [2.05, 4.69) is 38.2 Å². The molecule has 0 aromatic heterocycles. The maximum absolute atomic E-state index is 12.9. The van der Waals surface area contributed by atoms with E-state index in [9.17, 15) is 45.3 Å². The minimum absolute atomic E-state index is 0.107. The first-order valence-electron chi connectivity index (χ1n) is 22.9. The maximum atomic E-state index is 12.9. The van der Waals surface area contributed by atoms with E-state index in [-0.39, 0.29) is 19.4 Å². The van der Waals surface area contributed by atoms with Gasteiger partial charge in [0.25, 0.3) is 0 Å². The molecule has 64 heavy (non-hydrogen) atoms. The van der Waals surface area contributed by atoms with Gasteiger partial charge in [0.05, 0.1) is 19.8 Å². The number of carbonyl (C=O) groups excluding carboxylic acids is 2. The van der Waals surface area contributed by atoms with Crippen molar-refractivity contribution in [1.82, 2.24) is 0 Å². The Morgan fingerprint density at radius 1 is 0.500 bits per heavy atom. The molecule has 2 aliphatic rings. The quantitative estimate of drug-likeness (QED) is 0.0267. The van der Waals surface area contributed by atoms with Crippen molar-refractivity contribution in [1.29, 1.82) is 0 Å². The number of hydrogen-bond donors (Lipinski definition) is 7. The Hall–Kier alpha value is -3.58. The third kappa shape index (κ3) is 24.1. The number of aliphatic hydroxyl groups is 7. The monoisotopic (exact) mass is 905 g/mol. The van der Waals surface area contributed by atoms with Gasteiger partial charge in [0, 0.05) is 12.8 Å². The second-order valence-corrected chi connectivity index (χ2v) is 15.6. The molecule has 15 nitrogen and oxygen atoms in total. The zero-order chi connectivity index (χ0) is 46.8.